The van der Waals surface area contributed by atoms with Crippen molar-refractivity contribution in [3.63, 3.8) is 0 Å². The second kappa shape index (κ2) is 8.60. The Balaban J connectivity index is 1.95. The summed E-state index contributed by atoms with van der Waals surface area (Å²) in [5.41, 5.74) is 4.67. The van der Waals surface area contributed by atoms with Gasteiger partial charge in [0, 0.05) is 29.9 Å². The van der Waals surface area contributed by atoms with Gasteiger partial charge in [0.15, 0.2) is 0 Å². The zero-order valence-electron chi connectivity index (χ0n) is 18.8. The summed E-state index contributed by atoms with van der Waals surface area (Å²) in [6, 6.07) is 17.3. The number of benzene rings is 2. The summed E-state index contributed by atoms with van der Waals surface area (Å²) in [4.78, 5) is 26.2. The van der Waals surface area contributed by atoms with Crippen LogP contribution in [0.5, 0.6) is 5.75 Å². The number of aryl methyl sites for hydroxylation is 1. The lowest BCUT2D eigenvalue weighted by Crippen LogP contribution is -2.39. The third-order valence-electron chi connectivity index (χ3n) is 5.70. The highest BCUT2D eigenvalue weighted by Gasteiger charge is 2.33. The summed E-state index contributed by atoms with van der Waals surface area (Å²) in [7, 11) is 2.99. The van der Waals surface area contributed by atoms with Crippen LogP contribution in [0, 0.1) is 18.3 Å². The number of aromatic nitrogens is 2. The molecule has 0 atom stereocenters. The van der Waals surface area contributed by atoms with Gasteiger partial charge >= 0.3 is 0 Å². The van der Waals surface area contributed by atoms with E-state index in [0.29, 0.717) is 16.8 Å². The number of likely N-dealkylation sites (N-methyl/N-ethyl adjacent to an activating group) is 1. The highest BCUT2D eigenvalue weighted by Crippen LogP contribution is 2.33. The number of methoxy groups -OCH3 is 1. The Kier molecular flexibility index (Phi) is 5.67. The highest BCUT2D eigenvalue weighted by molar-refractivity contribution is 6.19. The number of para-hydroxylation sites is 1. The molecule has 7 nitrogen and oxygen atoms in total. The predicted molar refractivity (Wildman–Crippen MR) is 124 cm³/mol. The molecule has 7 heteroatoms. The molecular weight excluding hydrogens is 416 g/mol. The first-order chi connectivity index (χ1) is 15.8. The SMILES string of the molecule is COc1ccc(-c2nn(-c3ccccc3)cc2/C=C2\C(=O)N(C)C(=O)C(C#N)=C2C)c(C)c1. The van der Waals surface area contributed by atoms with Crippen LogP contribution in [0.25, 0.3) is 23.0 Å². The Morgan fingerprint density at radius 1 is 1.06 bits per heavy atom. The van der Waals surface area contributed by atoms with Gasteiger partial charge in [-0.15, -0.1) is 0 Å². The Morgan fingerprint density at radius 3 is 2.42 bits per heavy atom. The van der Waals surface area contributed by atoms with E-state index in [1.807, 2.05) is 67.7 Å². The molecule has 2 amide bonds. The molecule has 0 saturated carbocycles. The normalized spacial score (nSPS) is 15.2. The van der Waals surface area contributed by atoms with Crippen LogP contribution in [0.3, 0.4) is 0 Å². The summed E-state index contributed by atoms with van der Waals surface area (Å²) in [5, 5.41) is 14.3. The Hall–Kier alpha value is -4.44. The zero-order valence-corrected chi connectivity index (χ0v) is 18.8. The third kappa shape index (κ3) is 3.83. The number of carbonyl (C=O) groups excluding carboxylic acids is 2. The summed E-state index contributed by atoms with van der Waals surface area (Å²) < 4.78 is 7.08. The maximum Gasteiger partial charge on any atom is 0.271 e. The fourth-order valence-corrected chi connectivity index (χ4v) is 3.80. The van der Waals surface area contributed by atoms with E-state index in [0.717, 1.165) is 27.5 Å². The molecular formula is C26H22N4O3. The lowest BCUT2D eigenvalue weighted by Gasteiger charge is -2.23. The van der Waals surface area contributed by atoms with E-state index in [1.54, 1.807) is 24.8 Å². The summed E-state index contributed by atoms with van der Waals surface area (Å²) in [5.74, 6) is -0.316. The predicted octanol–water partition coefficient (Wildman–Crippen LogP) is 4.08. The van der Waals surface area contributed by atoms with Gasteiger partial charge in [-0.1, -0.05) is 18.2 Å². The summed E-state index contributed by atoms with van der Waals surface area (Å²) >= 11 is 0. The number of nitrogens with zero attached hydrogens (tertiary/aromatic N) is 4. The monoisotopic (exact) mass is 438 g/mol. The molecule has 33 heavy (non-hydrogen) atoms. The van der Waals surface area contributed by atoms with E-state index in [2.05, 4.69) is 0 Å². The molecule has 164 valence electrons. The number of ether oxygens (including phenoxy) is 1. The molecule has 0 aliphatic carbocycles. The fraction of sp³-hybridized carbons (Fsp3) is 0.154. The van der Waals surface area contributed by atoms with Crippen molar-refractivity contribution >= 4 is 17.9 Å². The second-order valence-corrected chi connectivity index (χ2v) is 7.73. The molecule has 0 spiro atoms. The highest BCUT2D eigenvalue weighted by atomic mass is 16.5. The Bertz CT molecular complexity index is 1370. The van der Waals surface area contributed by atoms with Crippen LogP contribution in [-0.2, 0) is 9.59 Å². The maximum absolute atomic E-state index is 12.9. The van der Waals surface area contributed by atoms with E-state index in [1.165, 1.54) is 7.05 Å². The van der Waals surface area contributed by atoms with Gasteiger partial charge in [0.05, 0.1) is 12.8 Å². The van der Waals surface area contributed by atoms with Gasteiger partial charge in [0.1, 0.15) is 23.1 Å². The van der Waals surface area contributed by atoms with Crippen LogP contribution in [-0.4, -0.2) is 40.7 Å². The average Bonchev–Trinajstić information content (AvgIpc) is 3.25. The van der Waals surface area contributed by atoms with Gasteiger partial charge in [-0.25, -0.2) is 4.68 Å². The molecule has 4 rings (SSSR count). The summed E-state index contributed by atoms with van der Waals surface area (Å²) in [6.07, 6.45) is 3.54. The van der Waals surface area contributed by atoms with Gasteiger partial charge in [-0.05, 0) is 61.4 Å². The van der Waals surface area contributed by atoms with Crippen LogP contribution >= 0.6 is 0 Å². The van der Waals surface area contributed by atoms with Crippen molar-refractivity contribution in [2.75, 3.05) is 14.2 Å². The minimum atomic E-state index is -0.594. The number of carbonyl (C=O) groups is 2. The van der Waals surface area contributed by atoms with Gasteiger partial charge < -0.3 is 4.74 Å². The van der Waals surface area contributed by atoms with Crippen molar-refractivity contribution in [1.29, 1.82) is 5.26 Å². The Labute approximate surface area is 191 Å². The van der Waals surface area contributed by atoms with E-state index in [-0.39, 0.29) is 11.1 Å². The molecule has 0 unspecified atom stereocenters. The standard InChI is InChI=1S/C26H22N4O3/c1-16-12-20(33-4)10-11-21(16)24-18(15-30(28-24)19-8-6-5-7-9-19)13-22-17(2)23(14-27)26(32)29(3)25(22)31/h5-13,15H,1-4H3/b22-13-. The number of rotatable bonds is 4. The van der Waals surface area contributed by atoms with Crippen molar-refractivity contribution in [3.8, 4) is 28.8 Å². The number of hydrogen-bond acceptors (Lipinski definition) is 5. The molecule has 2 heterocycles. The maximum atomic E-state index is 12.9. The molecule has 2 aromatic carbocycles. The molecule has 0 bridgehead atoms. The number of nitriles is 1. The molecule has 0 fully saturated rings. The number of imide groups is 1. The molecule has 0 radical (unpaired) electrons. The van der Waals surface area contributed by atoms with Gasteiger partial charge in [-0.3, -0.25) is 14.5 Å². The van der Waals surface area contributed by atoms with Crippen LogP contribution in [0.1, 0.15) is 18.1 Å². The van der Waals surface area contributed by atoms with E-state index < -0.39 is 11.8 Å². The van der Waals surface area contributed by atoms with Crippen LogP contribution in [0.4, 0.5) is 0 Å². The largest absolute Gasteiger partial charge is 0.497 e. The number of hydrogen-bond donors (Lipinski definition) is 0. The first-order valence-electron chi connectivity index (χ1n) is 10.3. The zero-order chi connectivity index (χ0) is 23.7. The van der Waals surface area contributed by atoms with Crippen molar-refractivity contribution in [2.24, 2.45) is 0 Å². The minimum Gasteiger partial charge on any atom is -0.497 e. The summed E-state index contributed by atoms with van der Waals surface area (Å²) in [6.45, 7) is 3.58. The van der Waals surface area contributed by atoms with E-state index in [9.17, 15) is 14.9 Å². The second-order valence-electron chi connectivity index (χ2n) is 7.73. The van der Waals surface area contributed by atoms with Gasteiger partial charge in [0.25, 0.3) is 11.8 Å². The first kappa shape index (κ1) is 21.8. The lowest BCUT2D eigenvalue weighted by molar-refractivity contribution is -0.138. The van der Waals surface area contributed by atoms with E-state index in [4.69, 9.17) is 9.84 Å². The topological polar surface area (TPSA) is 88.2 Å². The lowest BCUT2D eigenvalue weighted by atomic mass is 9.93. The molecule has 1 aliphatic rings. The first-order valence-corrected chi connectivity index (χ1v) is 10.3. The van der Waals surface area contributed by atoms with Gasteiger partial charge in [-0.2, -0.15) is 10.4 Å². The fourth-order valence-electron chi connectivity index (χ4n) is 3.80. The van der Waals surface area contributed by atoms with Crippen molar-refractivity contribution in [1.82, 2.24) is 14.7 Å². The molecule has 0 N–H and O–H groups in total. The Morgan fingerprint density at radius 2 is 1.79 bits per heavy atom. The van der Waals surface area contributed by atoms with Crippen LogP contribution < -0.4 is 4.74 Å². The molecule has 1 aliphatic heterocycles. The number of amides is 2. The average molecular weight is 438 g/mol. The van der Waals surface area contributed by atoms with Crippen LogP contribution in [0.15, 0.2) is 71.4 Å². The van der Waals surface area contributed by atoms with E-state index >= 15 is 0 Å². The smallest absolute Gasteiger partial charge is 0.271 e. The molecule has 1 aromatic heterocycles. The van der Waals surface area contributed by atoms with Crippen LogP contribution in [0.2, 0.25) is 0 Å². The minimum absolute atomic E-state index is 0.0408. The molecule has 3 aromatic rings. The third-order valence-corrected chi connectivity index (χ3v) is 5.70. The van der Waals surface area contributed by atoms with Crippen molar-refractivity contribution in [3.05, 3.63) is 82.6 Å². The van der Waals surface area contributed by atoms with Crippen molar-refractivity contribution < 1.29 is 14.3 Å². The van der Waals surface area contributed by atoms with Crippen molar-refractivity contribution in [2.45, 2.75) is 13.8 Å². The van der Waals surface area contributed by atoms with Gasteiger partial charge in [0.2, 0.25) is 0 Å². The molecule has 0 saturated heterocycles. The quantitative estimate of drug-likeness (QED) is 0.452.